The molecular weight excluding hydrogens is 208 g/mol. The van der Waals surface area contributed by atoms with Crippen molar-refractivity contribution >= 4 is 0 Å². The molecule has 1 nitrogen and oxygen atoms in total. The number of rotatable bonds is 1. The van der Waals surface area contributed by atoms with Gasteiger partial charge in [0.1, 0.15) is 0 Å². The van der Waals surface area contributed by atoms with Crippen molar-refractivity contribution in [1.29, 1.82) is 0 Å². The molecule has 2 fully saturated rings. The number of hydrogen-bond acceptors (Lipinski definition) is 1. The van der Waals surface area contributed by atoms with E-state index in [4.69, 9.17) is 0 Å². The average molecular weight is 231 g/mol. The molecule has 1 aliphatic heterocycles. The van der Waals surface area contributed by atoms with E-state index in [2.05, 4.69) is 20.8 Å². The number of nitrogens with zero attached hydrogens (tertiary/aromatic N) is 1. The average Bonchev–Trinajstić information content (AvgIpc) is 2.13. The first-order chi connectivity index (χ1) is 7.28. The highest BCUT2D eigenvalue weighted by Gasteiger charge is 2.47. The van der Waals surface area contributed by atoms with Gasteiger partial charge in [-0.2, -0.15) is 0 Å². The van der Waals surface area contributed by atoms with Gasteiger partial charge in [0.05, 0.1) is 13.1 Å². The third kappa shape index (κ3) is 2.55. The first kappa shape index (κ1) is 12.3. The van der Waals surface area contributed by atoms with Crippen molar-refractivity contribution < 1.29 is 8.78 Å². The minimum atomic E-state index is -2.40. The van der Waals surface area contributed by atoms with E-state index in [1.54, 1.807) is 0 Å². The lowest BCUT2D eigenvalue weighted by atomic mass is 9.71. The lowest BCUT2D eigenvalue weighted by molar-refractivity contribution is -0.151. The minimum absolute atomic E-state index is 0.00213. The predicted molar refractivity (Wildman–Crippen MR) is 61.7 cm³/mol. The van der Waals surface area contributed by atoms with Gasteiger partial charge in [0.25, 0.3) is 5.92 Å². The largest absolute Gasteiger partial charge is 0.288 e. The maximum atomic E-state index is 12.8. The SMILES string of the molecule is CC(C)(C)C1CCC(N2CC(F)(F)C2)CC1. The van der Waals surface area contributed by atoms with E-state index in [0.717, 1.165) is 18.8 Å². The third-order valence-electron chi connectivity index (χ3n) is 4.31. The fraction of sp³-hybridized carbons (Fsp3) is 1.00. The molecule has 0 unspecified atom stereocenters. The first-order valence-electron chi connectivity index (χ1n) is 6.40. The van der Waals surface area contributed by atoms with E-state index in [0.29, 0.717) is 11.5 Å². The minimum Gasteiger partial charge on any atom is -0.288 e. The maximum absolute atomic E-state index is 12.8. The van der Waals surface area contributed by atoms with Crippen molar-refractivity contribution in [3.05, 3.63) is 0 Å². The molecule has 0 amide bonds. The molecule has 0 aromatic heterocycles. The zero-order valence-electron chi connectivity index (χ0n) is 10.6. The van der Waals surface area contributed by atoms with E-state index >= 15 is 0 Å². The zero-order chi connectivity index (χ0) is 12.0. The Balaban J connectivity index is 1.78. The summed E-state index contributed by atoms with van der Waals surface area (Å²) in [6.45, 7) is 6.86. The van der Waals surface area contributed by atoms with Gasteiger partial charge in [0.2, 0.25) is 0 Å². The van der Waals surface area contributed by atoms with Crippen LogP contribution in [0.2, 0.25) is 0 Å². The fourth-order valence-corrected chi connectivity index (χ4v) is 3.11. The Bertz CT molecular complexity index is 241. The van der Waals surface area contributed by atoms with E-state index in [1.807, 2.05) is 4.90 Å². The monoisotopic (exact) mass is 231 g/mol. The predicted octanol–water partition coefficient (Wildman–Crippen LogP) is 3.54. The van der Waals surface area contributed by atoms with Gasteiger partial charge in [-0.15, -0.1) is 0 Å². The maximum Gasteiger partial charge on any atom is 0.272 e. The second kappa shape index (κ2) is 3.94. The van der Waals surface area contributed by atoms with Crippen LogP contribution >= 0.6 is 0 Å². The summed E-state index contributed by atoms with van der Waals surface area (Å²) in [5, 5.41) is 0. The summed E-state index contributed by atoms with van der Waals surface area (Å²) in [6, 6.07) is 0.429. The van der Waals surface area contributed by atoms with Crippen molar-refractivity contribution in [2.24, 2.45) is 11.3 Å². The van der Waals surface area contributed by atoms with Gasteiger partial charge in [0, 0.05) is 6.04 Å². The van der Waals surface area contributed by atoms with E-state index in [-0.39, 0.29) is 13.1 Å². The van der Waals surface area contributed by atoms with Crippen LogP contribution in [-0.2, 0) is 0 Å². The fourth-order valence-electron chi connectivity index (χ4n) is 3.11. The smallest absolute Gasteiger partial charge is 0.272 e. The lowest BCUT2D eigenvalue weighted by Gasteiger charge is -2.47. The lowest BCUT2D eigenvalue weighted by Crippen LogP contribution is -2.60. The number of halogens is 2. The molecule has 3 heteroatoms. The first-order valence-corrected chi connectivity index (χ1v) is 6.40. The Morgan fingerprint density at radius 3 is 1.88 bits per heavy atom. The normalized spacial score (nSPS) is 35.8. The van der Waals surface area contributed by atoms with Crippen LogP contribution in [0.5, 0.6) is 0 Å². The van der Waals surface area contributed by atoms with Gasteiger partial charge in [0.15, 0.2) is 0 Å². The van der Waals surface area contributed by atoms with Gasteiger partial charge >= 0.3 is 0 Å². The van der Waals surface area contributed by atoms with Gasteiger partial charge in [-0.1, -0.05) is 20.8 Å². The highest BCUT2D eigenvalue weighted by Crippen LogP contribution is 2.41. The molecule has 0 atom stereocenters. The molecule has 16 heavy (non-hydrogen) atoms. The summed E-state index contributed by atoms with van der Waals surface area (Å²) in [7, 11) is 0. The molecule has 0 radical (unpaired) electrons. The molecule has 0 N–H and O–H groups in total. The van der Waals surface area contributed by atoms with Crippen molar-refractivity contribution in [3.8, 4) is 0 Å². The number of alkyl halides is 2. The van der Waals surface area contributed by atoms with Crippen LogP contribution in [0.4, 0.5) is 8.78 Å². The van der Waals surface area contributed by atoms with E-state index in [1.165, 1.54) is 12.8 Å². The molecule has 0 bridgehead atoms. The van der Waals surface area contributed by atoms with Gasteiger partial charge in [-0.05, 0) is 37.0 Å². The summed E-state index contributed by atoms with van der Waals surface area (Å²) >= 11 is 0. The van der Waals surface area contributed by atoms with E-state index in [9.17, 15) is 8.78 Å². The summed E-state index contributed by atoms with van der Waals surface area (Å²) in [5.41, 5.74) is 0.379. The molecule has 2 rings (SSSR count). The Morgan fingerprint density at radius 1 is 1.00 bits per heavy atom. The quantitative estimate of drug-likeness (QED) is 0.667. The second-order valence-corrected chi connectivity index (χ2v) is 6.63. The summed E-state index contributed by atoms with van der Waals surface area (Å²) in [4.78, 5) is 1.97. The topological polar surface area (TPSA) is 3.24 Å². The van der Waals surface area contributed by atoms with Crippen LogP contribution in [-0.4, -0.2) is 30.0 Å². The summed E-state index contributed by atoms with van der Waals surface area (Å²) < 4.78 is 25.5. The number of hydrogen-bond donors (Lipinski definition) is 0. The van der Waals surface area contributed by atoms with E-state index < -0.39 is 5.92 Å². The Kier molecular flexibility index (Phi) is 3.02. The molecule has 0 aromatic carbocycles. The third-order valence-corrected chi connectivity index (χ3v) is 4.31. The Morgan fingerprint density at radius 2 is 1.50 bits per heavy atom. The second-order valence-electron chi connectivity index (χ2n) is 6.63. The van der Waals surface area contributed by atoms with Gasteiger partial charge in [-0.3, -0.25) is 4.90 Å². The zero-order valence-corrected chi connectivity index (χ0v) is 10.6. The Labute approximate surface area is 97.2 Å². The molecular formula is C13H23F2N. The van der Waals surface area contributed by atoms with Crippen molar-refractivity contribution in [1.82, 2.24) is 4.90 Å². The van der Waals surface area contributed by atoms with Crippen LogP contribution in [0.25, 0.3) is 0 Å². The number of likely N-dealkylation sites (tertiary alicyclic amines) is 1. The molecule has 1 saturated carbocycles. The van der Waals surface area contributed by atoms with Crippen LogP contribution in [0, 0.1) is 11.3 Å². The molecule has 1 aliphatic carbocycles. The molecule has 0 aromatic rings. The summed E-state index contributed by atoms with van der Waals surface area (Å²) in [6.07, 6.45) is 4.63. The van der Waals surface area contributed by atoms with Crippen LogP contribution in [0.3, 0.4) is 0 Å². The molecule has 0 spiro atoms. The molecule has 1 saturated heterocycles. The summed E-state index contributed by atoms with van der Waals surface area (Å²) in [5.74, 6) is -1.63. The van der Waals surface area contributed by atoms with Crippen LogP contribution < -0.4 is 0 Å². The molecule has 94 valence electrons. The van der Waals surface area contributed by atoms with Gasteiger partial charge < -0.3 is 0 Å². The molecule has 2 aliphatic rings. The van der Waals surface area contributed by atoms with Crippen molar-refractivity contribution in [2.45, 2.75) is 58.4 Å². The standard InChI is InChI=1S/C13H23F2N/c1-12(2,3)10-4-6-11(7-5-10)16-8-13(14,15)9-16/h10-11H,4-9H2,1-3H3. The highest BCUT2D eigenvalue weighted by atomic mass is 19.3. The van der Waals surface area contributed by atoms with Crippen LogP contribution in [0.15, 0.2) is 0 Å². The Hall–Kier alpha value is -0.180. The van der Waals surface area contributed by atoms with Gasteiger partial charge in [-0.25, -0.2) is 8.78 Å². The van der Waals surface area contributed by atoms with Crippen molar-refractivity contribution in [3.63, 3.8) is 0 Å². The highest BCUT2D eigenvalue weighted by molar-refractivity contribution is 4.94. The molecule has 1 heterocycles. The van der Waals surface area contributed by atoms with Crippen molar-refractivity contribution in [2.75, 3.05) is 13.1 Å². The van der Waals surface area contributed by atoms with Crippen LogP contribution in [0.1, 0.15) is 46.5 Å².